The number of aliphatic hydroxyl groups excluding tert-OH is 1. The lowest BCUT2D eigenvalue weighted by Crippen LogP contribution is -2.27. The normalized spacial score (nSPS) is 10.9. The van der Waals surface area contributed by atoms with Crippen LogP contribution in [0.4, 0.5) is 5.69 Å². The van der Waals surface area contributed by atoms with Gasteiger partial charge in [0, 0.05) is 29.7 Å². The van der Waals surface area contributed by atoms with E-state index in [2.05, 4.69) is 0 Å². The molecule has 0 unspecified atom stereocenters. The Labute approximate surface area is 111 Å². The Morgan fingerprint density at radius 2 is 2.17 bits per heavy atom. The first kappa shape index (κ1) is 14.9. The summed E-state index contributed by atoms with van der Waals surface area (Å²) >= 11 is 5.87. The summed E-state index contributed by atoms with van der Waals surface area (Å²) in [7, 11) is 0. The van der Waals surface area contributed by atoms with E-state index in [1.807, 2.05) is 11.8 Å². The number of rotatable bonds is 7. The van der Waals surface area contributed by atoms with Gasteiger partial charge in [-0.3, -0.25) is 15.0 Å². The Morgan fingerprint density at radius 1 is 1.44 bits per heavy atom. The molecule has 0 saturated carbocycles. The summed E-state index contributed by atoms with van der Waals surface area (Å²) in [6, 6.07) is 4.54. The van der Waals surface area contributed by atoms with Crippen LogP contribution in [-0.2, 0) is 6.54 Å². The molecule has 0 aromatic heterocycles. The van der Waals surface area contributed by atoms with E-state index in [9.17, 15) is 10.1 Å². The lowest BCUT2D eigenvalue weighted by molar-refractivity contribution is -0.385. The van der Waals surface area contributed by atoms with Crippen LogP contribution in [0.5, 0.6) is 0 Å². The predicted octanol–water partition coefficient (Wildman–Crippen LogP) is 2.45. The van der Waals surface area contributed by atoms with Crippen LogP contribution in [0.1, 0.15) is 18.9 Å². The largest absolute Gasteiger partial charge is 0.395 e. The van der Waals surface area contributed by atoms with Crippen molar-refractivity contribution in [2.75, 3.05) is 19.7 Å². The van der Waals surface area contributed by atoms with Gasteiger partial charge < -0.3 is 5.11 Å². The van der Waals surface area contributed by atoms with Crippen molar-refractivity contribution in [1.82, 2.24) is 4.90 Å². The van der Waals surface area contributed by atoms with Crippen LogP contribution in [0.2, 0.25) is 5.02 Å². The SMILES string of the molecule is CCCN(CCO)Cc1cc(Cl)ccc1[N+](=O)[O-]. The molecule has 0 radical (unpaired) electrons. The maximum absolute atomic E-state index is 10.9. The fraction of sp³-hybridized carbons (Fsp3) is 0.500. The van der Waals surface area contributed by atoms with Gasteiger partial charge in [0.2, 0.25) is 0 Å². The molecule has 1 N–H and O–H groups in total. The number of nitro groups is 1. The highest BCUT2D eigenvalue weighted by Crippen LogP contribution is 2.24. The van der Waals surface area contributed by atoms with Gasteiger partial charge in [-0.15, -0.1) is 0 Å². The number of hydrogen-bond donors (Lipinski definition) is 1. The van der Waals surface area contributed by atoms with Gasteiger partial charge in [-0.1, -0.05) is 18.5 Å². The summed E-state index contributed by atoms with van der Waals surface area (Å²) in [5.41, 5.74) is 0.646. The minimum absolute atomic E-state index is 0.0361. The number of halogens is 1. The summed E-state index contributed by atoms with van der Waals surface area (Å²) in [6.45, 7) is 3.76. The van der Waals surface area contributed by atoms with E-state index < -0.39 is 4.92 Å². The van der Waals surface area contributed by atoms with Crippen LogP contribution < -0.4 is 0 Å². The van der Waals surface area contributed by atoms with E-state index in [4.69, 9.17) is 16.7 Å². The molecule has 6 heteroatoms. The average Bonchev–Trinajstić information content (AvgIpc) is 2.29. The topological polar surface area (TPSA) is 66.6 Å². The zero-order valence-electron chi connectivity index (χ0n) is 10.3. The summed E-state index contributed by atoms with van der Waals surface area (Å²) in [4.78, 5) is 12.5. The van der Waals surface area contributed by atoms with Crippen molar-refractivity contribution in [2.45, 2.75) is 19.9 Å². The Morgan fingerprint density at radius 3 is 2.72 bits per heavy atom. The molecule has 0 amide bonds. The number of aliphatic hydroxyl groups is 1. The molecule has 1 aromatic carbocycles. The van der Waals surface area contributed by atoms with Crippen molar-refractivity contribution < 1.29 is 10.0 Å². The molecule has 0 aliphatic carbocycles. The third-order valence-electron chi connectivity index (χ3n) is 2.59. The molecular weight excluding hydrogens is 256 g/mol. The third kappa shape index (κ3) is 4.25. The first-order valence-electron chi connectivity index (χ1n) is 5.84. The highest BCUT2D eigenvalue weighted by molar-refractivity contribution is 6.30. The third-order valence-corrected chi connectivity index (χ3v) is 2.82. The van der Waals surface area contributed by atoms with Crippen molar-refractivity contribution in [2.24, 2.45) is 0 Å². The number of hydrogen-bond acceptors (Lipinski definition) is 4. The standard InChI is InChI=1S/C12H17ClN2O3/c1-2-5-14(6-7-16)9-10-8-11(13)3-4-12(10)15(17)18/h3-4,8,16H,2,5-7,9H2,1H3. The minimum Gasteiger partial charge on any atom is -0.395 e. The van der Waals surface area contributed by atoms with Gasteiger partial charge in [0.05, 0.1) is 11.5 Å². The predicted molar refractivity (Wildman–Crippen MR) is 70.8 cm³/mol. The molecule has 1 rings (SSSR count). The van der Waals surface area contributed by atoms with Gasteiger partial charge in [-0.25, -0.2) is 0 Å². The monoisotopic (exact) mass is 272 g/mol. The fourth-order valence-corrected chi connectivity index (χ4v) is 2.02. The van der Waals surface area contributed by atoms with Gasteiger partial charge in [0.15, 0.2) is 0 Å². The van der Waals surface area contributed by atoms with E-state index in [1.165, 1.54) is 12.1 Å². The summed E-state index contributed by atoms with van der Waals surface area (Å²) < 4.78 is 0. The van der Waals surface area contributed by atoms with Crippen LogP contribution in [0.3, 0.4) is 0 Å². The summed E-state index contributed by atoms with van der Waals surface area (Å²) in [5, 5.41) is 20.4. The minimum atomic E-state index is -0.408. The van der Waals surface area contributed by atoms with Crippen LogP contribution in [0.25, 0.3) is 0 Å². The molecule has 0 bridgehead atoms. The van der Waals surface area contributed by atoms with Crippen LogP contribution >= 0.6 is 11.6 Å². The Balaban J connectivity index is 2.92. The van der Waals surface area contributed by atoms with Crippen molar-refractivity contribution in [3.05, 3.63) is 38.9 Å². The smallest absolute Gasteiger partial charge is 0.273 e. The molecule has 0 saturated heterocycles. The second-order valence-corrected chi connectivity index (χ2v) is 4.47. The second kappa shape index (κ2) is 7.31. The van der Waals surface area contributed by atoms with Crippen molar-refractivity contribution in [1.29, 1.82) is 0 Å². The van der Waals surface area contributed by atoms with Gasteiger partial charge in [-0.2, -0.15) is 0 Å². The van der Waals surface area contributed by atoms with E-state index in [1.54, 1.807) is 6.07 Å². The van der Waals surface area contributed by atoms with Crippen molar-refractivity contribution >= 4 is 17.3 Å². The zero-order chi connectivity index (χ0) is 13.5. The average molecular weight is 273 g/mol. The van der Waals surface area contributed by atoms with E-state index in [0.29, 0.717) is 23.7 Å². The maximum Gasteiger partial charge on any atom is 0.273 e. The second-order valence-electron chi connectivity index (χ2n) is 4.03. The van der Waals surface area contributed by atoms with Crippen molar-refractivity contribution in [3.8, 4) is 0 Å². The Bertz CT molecular complexity index is 406. The molecule has 1 aromatic rings. The van der Waals surface area contributed by atoms with Gasteiger partial charge >= 0.3 is 0 Å². The van der Waals surface area contributed by atoms with Crippen molar-refractivity contribution in [3.63, 3.8) is 0 Å². The Hall–Kier alpha value is -1.17. The molecule has 0 aliphatic heterocycles. The van der Waals surface area contributed by atoms with Gasteiger partial charge in [0.25, 0.3) is 5.69 Å². The molecular formula is C12H17ClN2O3. The van der Waals surface area contributed by atoms with E-state index in [0.717, 1.165) is 13.0 Å². The number of nitrogens with zero attached hydrogens (tertiary/aromatic N) is 2. The first-order chi connectivity index (χ1) is 8.58. The highest BCUT2D eigenvalue weighted by atomic mass is 35.5. The van der Waals surface area contributed by atoms with Crippen LogP contribution in [0, 0.1) is 10.1 Å². The Kier molecular flexibility index (Phi) is 6.04. The van der Waals surface area contributed by atoms with Crippen LogP contribution in [-0.4, -0.2) is 34.6 Å². The molecule has 0 fully saturated rings. The molecule has 0 heterocycles. The molecule has 18 heavy (non-hydrogen) atoms. The van der Waals surface area contributed by atoms with E-state index in [-0.39, 0.29) is 12.3 Å². The number of benzene rings is 1. The lowest BCUT2D eigenvalue weighted by Gasteiger charge is -2.20. The maximum atomic E-state index is 10.9. The fourth-order valence-electron chi connectivity index (χ4n) is 1.83. The molecule has 5 nitrogen and oxygen atoms in total. The van der Waals surface area contributed by atoms with Gasteiger partial charge in [0.1, 0.15) is 0 Å². The molecule has 0 aliphatic rings. The molecule has 0 atom stereocenters. The highest BCUT2D eigenvalue weighted by Gasteiger charge is 2.16. The molecule has 100 valence electrons. The summed E-state index contributed by atoms with van der Waals surface area (Å²) in [6.07, 6.45) is 0.925. The zero-order valence-corrected chi connectivity index (χ0v) is 11.1. The summed E-state index contributed by atoms with van der Waals surface area (Å²) in [5.74, 6) is 0. The van der Waals surface area contributed by atoms with Crippen LogP contribution in [0.15, 0.2) is 18.2 Å². The number of nitro benzene ring substituents is 1. The molecule has 0 spiro atoms. The quantitative estimate of drug-likeness (QED) is 0.612. The van der Waals surface area contributed by atoms with E-state index >= 15 is 0 Å². The lowest BCUT2D eigenvalue weighted by atomic mass is 10.1. The first-order valence-corrected chi connectivity index (χ1v) is 6.22. The van der Waals surface area contributed by atoms with Gasteiger partial charge in [-0.05, 0) is 25.1 Å².